The Kier molecular flexibility index (Phi) is 4.10. The van der Waals surface area contributed by atoms with Gasteiger partial charge < -0.3 is 14.8 Å². The summed E-state index contributed by atoms with van der Waals surface area (Å²) in [5.41, 5.74) is 2.16. The molecule has 0 atom stereocenters. The van der Waals surface area contributed by atoms with Crippen LogP contribution in [0.25, 0.3) is 15.7 Å². The predicted octanol–water partition coefficient (Wildman–Crippen LogP) is 4.35. The standard InChI is InChI=1S/C19H14N4O3S2/c1-11-7-17(21-18(24)12-4-5-14-15(8-12)26-10-25-14)23(22-11)19-20-13(9-28-19)16-3-2-6-27-16/h2-9H,10H2,1H3,(H,21,24). The normalized spacial score (nSPS) is 12.3. The first-order valence-corrected chi connectivity index (χ1v) is 10.2. The Labute approximate surface area is 168 Å². The van der Waals surface area contributed by atoms with Crippen LogP contribution in [0.4, 0.5) is 5.82 Å². The van der Waals surface area contributed by atoms with E-state index >= 15 is 0 Å². The van der Waals surface area contributed by atoms with Gasteiger partial charge in [0, 0.05) is 17.0 Å². The zero-order valence-electron chi connectivity index (χ0n) is 14.7. The first-order chi connectivity index (χ1) is 13.7. The van der Waals surface area contributed by atoms with E-state index in [-0.39, 0.29) is 12.7 Å². The summed E-state index contributed by atoms with van der Waals surface area (Å²) in [4.78, 5) is 18.5. The van der Waals surface area contributed by atoms with Gasteiger partial charge in [-0.1, -0.05) is 6.07 Å². The summed E-state index contributed by atoms with van der Waals surface area (Å²) >= 11 is 3.11. The van der Waals surface area contributed by atoms with Gasteiger partial charge in [0.1, 0.15) is 5.82 Å². The van der Waals surface area contributed by atoms with Crippen molar-refractivity contribution in [2.24, 2.45) is 0 Å². The van der Waals surface area contributed by atoms with Gasteiger partial charge in [0.05, 0.1) is 16.3 Å². The summed E-state index contributed by atoms with van der Waals surface area (Å²) in [6, 6.07) is 10.9. The lowest BCUT2D eigenvalue weighted by atomic mass is 10.2. The molecular formula is C19H14N4O3S2. The number of hydrogen-bond donors (Lipinski definition) is 1. The van der Waals surface area contributed by atoms with Crippen LogP contribution in [0.1, 0.15) is 16.1 Å². The number of carbonyl (C=O) groups is 1. The van der Waals surface area contributed by atoms with E-state index in [9.17, 15) is 4.79 Å². The summed E-state index contributed by atoms with van der Waals surface area (Å²) in [7, 11) is 0. The number of amides is 1. The van der Waals surface area contributed by atoms with Gasteiger partial charge in [0.25, 0.3) is 5.91 Å². The third-order valence-corrected chi connectivity index (χ3v) is 5.86. The molecule has 1 aromatic carbocycles. The molecule has 9 heteroatoms. The van der Waals surface area contributed by atoms with Crippen molar-refractivity contribution in [3.05, 3.63) is 58.4 Å². The molecule has 0 saturated carbocycles. The Balaban J connectivity index is 1.43. The second kappa shape index (κ2) is 6.77. The van der Waals surface area contributed by atoms with Gasteiger partial charge in [0.15, 0.2) is 11.5 Å². The molecule has 28 heavy (non-hydrogen) atoms. The molecule has 1 N–H and O–H groups in total. The molecule has 0 bridgehead atoms. The number of aryl methyl sites for hydroxylation is 1. The average Bonchev–Trinajstić information content (AvgIpc) is 3.47. The second-order valence-corrected chi connectivity index (χ2v) is 7.88. The van der Waals surface area contributed by atoms with Crippen molar-refractivity contribution in [1.29, 1.82) is 0 Å². The van der Waals surface area contributed by atoms with E-state index in [4.69, 9.17) is 9.47 Å². The van der Waals surface area contributed by atoms with E-state index in [0.29, 0.717) is 28.0 Å². The van der Waals surface area contributed by atoms with Gasteiger partial charge >= 0.3 is 0 Å². The van der Waals surface area contributed by atoms with Gasteiger partial charge in [-0.15, -0.1) is 22.7 Å². The molecule has 0 radical (unpaired) electrons. The fourth-order valence-electron chi connectivity index (χ4n) is 2.86. The molecule has 1 aliphatic heterocycles. The number of thiophene rings is 1. The number of nitrogens with zero attached hydrogens (tertiary/aromatic N) is 3. The molecule has 140 valence electrons. The first-order valence-electron chi connectivity index (χ1n) is 8.45. The van der Waals surface area contributed by atoms with Crippen LogP contribution in [0.5, 0.6) is 11.5 Å². The lowest BCUT2D eigenvalue weighted by molar-refractivity contribution is 0.102. The van der Waals surface area contributed by atoms with Crippen LogP contribution < -0.4 is 14.8 Å². The van der Waals surface area contributed by atoms with Gasteiger partial charge in [-0.3, -0.25) is 4.79 Å². The molecule has 0 fully saturated rings. The van der Waals surface area contributed by atoms with E-state index in [1.165, 1.54) is 11.3 Å². The highest BCUT2D eigenvalue weighted by atomic mass is 32.1. The predicted molar refractivity (Wildman–Crippen MR) is 108 cm³/mol. The molecule has 0 spiro atoms. The highest BCUT2D eigenvalue weighted by molar-refractivity contribution is 7.15. The number of carbonyl (C=O) groups excluding carboxylic acids is 1. The SMILES string of the molecule is Cc1cc(NC(=O)c2ccc3c(c2)OCO3)n(-c2nc(-c3cccs3)cs2)n1. The van der Waals surface area contributed by atoms with Crippen LogP contribution >= 0.6 is 22.7 Å². The fourth-order valence-corrected chi connectivity index (χ4v) is 4.41. The lowest BCUT2D eigenvalue weighted by Crippen LogP contribution is -2.15. The van der Waals surface area contributed by atoms with Crippen molar-refractivity contribution >= 4 is 34.4 Å². The van der Waals surface area contributed by atoms with E-state index in [0.717, 1.165) is 16.3 Å². The largest absolute Gasteiger partial charge is 0.454 e. The topological polar surface area (TPSA) is 78.3 Å². The minimum absolute atomic E-state index is 0.170. The number of hydrogen-bond acceptors (Lipinski definition) is 7. The molecule has 7 nitrogen and oxygen atoms in total. The molecule has 3 aromatic heterocycles. The molecule has 0 unspecified atom stereocenters. The van der Waals surface area contributed by atoms with Gasteiger partial charge in [-0.2, -0.15) is 9.78 Å². The average molecular weight is 410 g/mol. The third-order valence-electron chi connectivity index (χ3n) is 4.15. The van der Waals surface area contributed by atoms with Crippen molar-refractivity contribution in [1.82, 2.24) is 14.8 Å². The maximum absolute atomic E-state index is 12.7. The van der Waals surface area contributed by atoms with Crippen molar-refractivity contribution in [2.75, 3.05) is 12.1 Å². The molecule has 4 aromatic rings. The number of fused-ring (bicyclic) bond motifs is 1. The number of anilines is 1. The zero-order valence-corrected chi connectivity index (χ0v) is 16.3. The molecule has 0 saturated heterocycles. The smallest absolute Gasteiger partial charge is 0.256 e. The van der Waals surface area contributed by atoms with Crippen molar-refractivity contribution in [2.45, 2.75) is 6.92 Å². The summed E-state index contributed by atoms with van der Waals surface area (Å²) in [5.74, 6) is 1.51. The Morgan fingerprint density at radius 3 is 2.93 bits per heavy atom. The van der Waals surface area contributed by atoms with E-state index in [1.807, 2.05) is 35.9 Å². The van der Waals surface area contributed by atoms with Crippen LogP contribution in [0.15, 0.2) is 47.2 Å². The molecule has 4 heterocycles. The maximum Gasteiger partial charge on any atom is 0.256 e. The molecule has 1 amide bonds. The minimum Gasteiger partial charge on any atom is -0.454 e. The van der Waals surface area contributed by atoms with Crippen molar-refractivity contribution in [3.8, 4) is 27.2 Å². The number of benzene rings is 1. The summed E-state index contributed by atoms with van der Waals surface area (Å²) < 4.78 is 12.3. The highest BCUT2D eigenvalue weighted by Gasteiger charge is 2.19. The van der Waals surface area contributed by atoms with Crippen LogP contribution in [-0.2, 0) is 0 Å². The number of thiazole rings is 1. The van der Waals surface area contributed by atoms with Gasteiger partial charge in [-0.25, -0.2) is 4.98 Å². The quantitative estimate of drug-likeness (QED) is 0.541. The highest BCUT2D eigenvalue weighted by Crippen LogP contribution is 2.33. The summed E-state index contributed by atoms with van der Waals surface area (Å²) in [6.45, 7) is 2.05. The monoisotopic (exact) mass is 410 g/mol. The Morgan fingerprint density at radius 2 is 2.07 bits per heavy atom. The van der Waals surface area contributed by atoms with E-state index < -0.39 is 0 Å². The first kappa shape index (κ1) is 17.0. The molecule has 1 aliphatic rings. The number of ether oxygens (including phenoxy) is 2. The lowest BCUT2D eigenvalue weighted by Gasteiger charge is -2.07. The van der Waals surface area contributed by atoms with Crippen LogP contribution in [0.2, 0.25) is 0 Å². The number of rotatable bonds is 4. The van der Waals surface area contributed by atoms with E-state index in [2.05, 4.69) is 15.4 Å². The number of aromatic nitrogens is 3. The molecule has 0 aliphatic carbocycles. The Hall–Kier alpha value is -3.17. The zero-order chi connectivity index (χ0) is 19.1. The second-order valence-electron chi connectivity index (χ2n) is 6.10. The molecular weight excluding hydrogens is 396 g/mol. The fraction of sp³-hybridized carbons (Fsp3) is 0.105. The summed E-state index contributed by atoms with van der Waals surface area (Å²) in [5, 5.41) is 12.1. The van der Waals surface area contributed by atoms with Crippen molar-refractivity contribution < 1.29 is 14.3 Å². The Morgan fingerprint density at radius 1 is 1.18 bits per heavy atom. The minimum atomic E-state index is -0.255. The third kappa shape index (κ3) is 3.04. The van der Waals surface area contributed by atoms with Gasteiger partial charge in [-0.05, 0) is 36.6 Å². The maximum atomic E-state index is 12.7. The van der Waals surface area contributed by atoms with Crippen LogP contribution in [0.3, 0.4) is 0 Å². The van der Waals surface area contributed by atoms with Gasteiger partial charge in [0.2, 0.25) is 11.9 Å². The van der Waals surface area contributed by atoms with Crippen molar-refractivity contribution in [3.63, 3.8) is 0 Å². The van der Waals surface area contributed by atoms with Crippen LogP contribution in [0, 0.1) is 6.92 Å². The Bertz CT molecular complexity index is 1160. The summed E-state index contributed by atoms with van der Waals surface area (Å²) in [6.07, 6.45) is 0. The molecule has 5 rings (SSSR count). The number of nitrogens with one attached hydrogen (secondary N) is 1. The van der Waals surface area contributed by atoms with E-state index in [1.54, 1.807) is 34.2 Å². The van der Waals surface area contributed by atoms with Crippen LogP contribution in [-0.4, -0.2) is 27.5 Å².